The summed E-state index contributed by atoms with van der Waals surface area (Å²) in [5, 5.41) is 24.2. The molecule has 16 heteroatoms. The smallest absolute Gasteiger partial charge is 0.326 e. The Morgan fingerprint density at radius 3 is 1.91 bits per heavy atom. The molecule has 33 heavy (non-hydrogen) atoms. The minimum Gasteiger partial charge on any atom is -0.481 e. The average molecular weight is 474 g/mol. The largest absolute Gasteiger partial charge is 0.481 e. The molecule has 0 spiro atoms. The lowest BCUT2D eigenvalue weighted by Gasteiger charge is -2.22. The number of hydrogen-bond donors (Lipinski definition) is 9. The molecule has 186 valence electrons. The Morgan fingerprint density at radius 1 is 0.848 bits per heavy atom. The van der Waals surface area contributed by atoms with Crippen molar-refractivity contribution in [2.45, 2.75) is 56.8 Å². The molecule has 0 aliphatic rings. The first-order chi connectivity index (χ1) is 15.2. The van der Waals surface area contributed by atoms with Gasteiger partial charge in [-0.25, -0.2) is 4.79 Å². The summed E-state index contributed by atoms with van der Waals surface area (Å²) in [5.41, 5.74) is 21.2. The summed E-state index contributed by atoms with van der Waals surface area (Å²) in [7, 11) is 0. The molecule has 0 radical (unpaired) electrons. The lowest BCUT2D eigenvalue weighted by Crippen LogP contribution is -2.57. The lowest BCUT2D eigenvalue weighted by atomic mass is 10.1. The third-order valence-corrected chi connectivity index (χ3v) is 4.09. The van der Waals surface area contributed by atoms with E-state index in [1.165, 1.54) is 6.92 Å². The van der Waals surface area contributed by atoms with Crippen LogP contribution in [-0.4, -0.2) is 82.5 Å². The number of rotatable bonds is 15. The van der Waals surface area contributed by atoms with Crippen LogP contribution < -0.4 is 38.9 Å². The van der Waals surface area contributed by atoms with Crippen molar-refractivity contribution >= 4 is 41.5 Å². The second-order valence-electron chi connectivity index (χ2n) is 7.01. The maximum Gasteiger partial charge on any atom is 0.326 e. The summed E-state index contributed by atoms with van der Waals surface area (Å²) in [4.78, 5) is 73.7. The van der Waals surface area contributed by atoms with Crippen LogP contribution in [0.3, 0.4) is 0 Å². The van der Waals surface area contributed by atoms with Crippen molar-refractivity contribution < 1.29 is 39.0 Å². The van der Waals surface area contributed by atoms with Crippen molar-refractivity contribution in [1.29, 1.82) is 0 Å². The number of carbonyl (C=O) groups is 6. The Bertz CT molecular complexity index is 783. The average Bonchev–Trinajstić information content (AvgIpc) is 2.68. The molecular formula is C17H30N8O8. The topological polar surface area (TPSA) is 295 Å². The van der Waals surface area contributed by atoms with Gasteiger partial charge < -0.3 is 49.1 Å². The van der Waals surface area contributed by atoms with Gasteiger partial charge in [0.2, 0.25) is 23.6 Å². The van der Waals surface area contributed by atoms with Crippen LogP contribution in [-0.2, 0) is 28.8 Å². The number of primary amides is 1. The fourth-order valence-corrected chi connectivity index (χ4v) is 2.39. The molecule has 0 bridgehead atoms. The van der Waals surface area contributed by atoms with Crippen molar-refractivity contribution in [2.75, 3.05) is 6.54 Å². The van der Waals surface area contributed by atoms with Crippen LogP contribution >= 0.6 is 0 Å². The zero-order chi connectivity index (χ0) is 25.7. The molecule has 0 fully saturated rings. The van der Waals surface area contributed by atoms with Crippen molar-refractivity contribution in [3.8, 4) is 0 Å². The second-order valence-corrected chi connectivity index (χ2v) is 7.01. The predicted molar refractivity (Wildman–Crippen MR) is 113 cm³/mol. The minimum atomic E-state index is -1.81. The van der Waals surface area contributed by atoms with Gasteiger partial charge in [-0.2, -0.15) is 0 Å². The molecule has 0 saturated carbocycles. The van der Waals surface area contributed by atoms with Gasteiger partial charge in [0, 0.05) is 6.54 Å². The molecule has 13 N–H and O–H groups in total. The van der Waals surface area contributed by atoms with Crippen molar-refractivity contribution in [2.24, 2.45) is 27.9 Å². The highest BCUT2D eigenvalue weighted by Crippen LogP contribution is 2.00. The predicted octanol–water partition coefficient (Wildman–Crippen LogP) is -4.72. The SMILES string of the molecule is CC(NC(=O)C(N)CCCN=C(N)N)C(=O)NC(CC(N)=O)C(=O)NC(CC(=O)O)C(=O)O. The quantitative estimate of drug-likeness (QED) is 0.0616. The fourth-order valence-electron chi connectivity index (χ4n) is 2.39. The van der Waals surface area contributed by atoms with Crippen molar-refractivity contribution in [3.05, 3.63) is 0 Å². The summed E-state index contributed by atoms with van der Waals surface area (Å²) >= 11 is 0. The molecule has 0 heterocycles. The van der Waals surface area contributed by atoms with Crippen LogP contribution in [0.15, 0.2) is 4.99 Å². The number of aliphatic imine (C=N–C) groups is 1. The normalized spacial score (nSPS) is 14.0. The Morgan fingerprint density at radius 2 is 1.42 bits per heavy atom. The van der Waals surface area contributed by atoms with Crippen LogP contribution in [0.1, 0.15) is 32.6 Å². The Balaban J connectivity index is 5.01. The van der Waals surface area contributed by atoms with Crippen LogP contribution in [0, 0.1) is 0 Å². The number of carbonyl (C=O) groups excluding carboxylic acids is 4. The highest BCUT2D eigenvalue weighted by molar-refractivity contribution is 5.96. The highest BCUT2D eigenvalue weighted by atomic mass is 16.4. The zero-order valence-corrected chi connectivity index (χ0v) is 17.9. The first-order valence-electron chi connectivity index (χ1n) is 9.69. The van der Waals surface area contributed by atoms with E-state index in [1.54, 1.807) is 0 Å². The second kappa shape index (κ2) is 14.2. The van der Waals surface area contributed by atoms with Gasteiger partial charge in [0.1, 0.15) is 18.1 Å². The van der Waals surface area contributed by atoms with Crippen molar-refractivity contribution in [3.63, 3.8) is 0 Å². The van der Waals surface area contributed by atoms with Crippen LogP contribution in [0.2, 0.25) is 0 Å². The highest BCUT2D eigenvalue weighted by Gasteiger charge is 2.30. The molecule has 4 unspecified atom stereocenters. The van der Waals surface area contributed by atoms with Gasteiger partial charge in [-0.15, -0.1) is 0 Å². The van der Waals surface area contributed by atoms with E-state index in [1.807, 2.05) is 5.32 Å². The summed E-state index contributed by atoms with van der Waals surface area (Å²) in [6, 6.07) is -5.60. The number of carboxylic acid groups (broad SMARTS) is 2. The number of amides is 4. The molecule has 16 nitrogen and oxygen atoms in total. The summed E-state index contributed by atoms with van der Waals surface area (Å²) in [5.74, 6) is -6.96. The maximum absolute atomic E-state index is 12.4. The van der Waals surface area contributed by atoms with Crippen LogP contribution in [0.5, 0.6) is 0 Å². The third-order valence-electron chi connectivity index (χ3n) is 4.09. The molecule has 0 aromatic rings. The number of nitrogens with two attached hydrogens (primary N) is 4. The molecule has 0 saturated heterocycles. The van der Waals surface area contributed by atoms with Gasteiger partial charge in [0.15, 0.2) is 5.96 Å². The molecule has 4 amide bonds. The first-order valence-corrected chi connectivity index (χ1v) is 9.69. The molecular weight excluding hydrogens is 444 g/mol. The van der Waals surface area contributed by atoms with E-state index in [4.69, 9.17) is 33.1 Å². The van der Waals surface area contributed by atoms with Crippen molar-refractivity contribution in [1.82, 2.24) is 16.0 Å². The number of aliphatic carboxylic acids is 2. The van der Waals surface area contributed by atoms with Gasteiger partial charge in [-0.1, -0.05) is 0 Å². The summed E-state index contributed by atoms with van der Waals surface area (Å²) in [6.07, 6.45) is -1.04. The molecule has 0 aromatic carbocycles. The number of nitrogens with zero attached hydrogens (tertiary/aromatic N) is 1. The zero-order valence-electron chi connectivity index (χ0n) is 17.9. The number of nitrogens with one attached hydrogen (secondary N) is 3. The molecule has 0 rings (SSSR count). The molecule has 0 aliphatic heterocycles. The minimum absolute atomic E-state index is 0.106. The van der Waals surface area contributed by atoms with Gasteiger partial charge in [-0.05, 0) is 19.8 Å². The third kappa shape index (κ3) is 12.5. The fraction of sp³-hybridized carbons (Fsp3) is 0.588. The summed E-state index contributed by atoms with van der Waals surface area (Å²) < 4.78 is 0. The Kier molecular flexibility index (Phi) is 12.5. The Hall–Kier alpha value is -3.95. The van der Waals surface area contributed by atoms with E-state index >= 15 is 0 Å². The van der Waals surface area contributed by atoms with Crippen LogP contribution in [0.25, 0.3) is 0 Å². The van der Waals surface area contributed by atoms with Gasteiger partial charge in [-0.3, -0.25) is 29.0 Å². The number of hydrogen-bond acceptors (Lipinski definition) is 8. The van der Waals surface area contributed by atoms with E-state index in [0.717, 1.165) is 0 Å². The standard InChI is InChI=1S/C17H30N8O8/c1-7(23-14(30)8(18)3-2-4-22-17(20)21)13(29)24-9(5-11(19)26)15(31)25-10(16(32)33)6-12(27)28/h7-10H,2-6,18H2,1H3,(H2,19,26)(H,23,30)(H,24,29)(H,25,31)(H,27,28)(H,32,33)(H4,20,21,22). The van der Waals surface area contributed by atoms with Crippen LogP contribution in [0.4, 0.5) is 0 Å². The monoisotopic (exact) mass is 474 g/mol. The van der Waals surface area contributed by atoms with E-state index in [-0.39, 0.29) is 18.9 Å². The molecule has 4 atom stereocenters. The lowest BCUT2D eigenvalue weighted by molar-refractivity contribution is -0.147. The first kappa shape index (κ1) is 29.0. The summed E-state index contributed by atoms with van der Waals surface area (Å²) in [6.45, 7) is 1.53. The van der Waals surface area contributed by atoms with Gasteiger partial charge in [0.05, 0.1) is 18.9 Å². The van der Waals surface area contributed by atoms with E-state index in [9.17, 15) is 28.8 Å². The van der Waals surface area contributed by atoms with E-state index < -0.39 is 72.6 Å². The van der Waals surface area contributed by atoms with E-state index in [2.05, 4.69) is 15.6 Å². The van der Waals surface area contributed by atoms with Gasteiger partial charge >= 0.3 is 11.9 Å². The number of carboxylic acids is 2. The maximum atomic E-state index is 12.4. The number of guanidine groups is 1. The van der Waals surface area contributed by atoms with Gasteiger partial charge in [0.25, 0.3) is 0 Å². The molecule has 0 aromatic heterocycles. The Labute approximate surface area is 188 Å². The molecule has 0 aliphatic carbocycles. The van der Waals surface area contributed by atoms with E-state index in [0.29, 0.717) is 6.42 Å².